The van der Waals surface area contributed by atoms with Gasteiger partial charge in [-0.3, -0.25) is 9.59 Å². The number of alkyl halides is 3. The first-order valence-corrected chi connectivity index (χ1v) is 9.73. The Hall–Kier alpha value is -2.04. The number of likely N-dealkylation sites (tertiary alicyclic amines) is 2. The van der Waals surface area contributed by atoms with Crippen molar-refractivity contribution in [3.8, 4) is 0 Å². The number of nitrogens with one attached hydrogen (secondary N) is 2. The van der Waals surface area contributed by atoms with Crippen molar-refractivity contribution in [1.82, 2.24) is 20.4 Å². The van der Waals surface area contributed by atoms with Crippen molar-refractivity contribution in [1.29, 1.82) is 0 Å². The first-order chi connectivity index (χ1) is 13.6. The van der Waals surface area contributed by atoms with Gasteiger partial charge in [-0.1, -0.05) is 0 Å². The Labute approximate surface area is 166 Å². The molecule has 2 aliphatic heterocycles. The molecular formula is C18H25F3N4O4. The summed E-state index contributed by atoms with van der Waals surface area (Å²) in [5.74, 6) is -0.930. The van der Waals surface area contributed by atoms with E-state index in [1.165, 1.54) is 0 Å². The standard InChI is InChI=1S/C18H25F3N4O4/c1-22-16(10-29-11-26)8-25(9-16)14(28)24-6-15(7-24)4-12(5-15)13(27)23-17(2-3-17)18(19,20)21/h11-12,22H,2-10H2,1H3,(H,23,27). The molecule has 4 rings (SSSR count). The van der Waals surface area contributed by atoms with Crippen LogP contribution in [0.25, 0.3) is 0 Å². The fourth-order valence-electron chi connectivity index (χ4n) is 4.80. The Kier molecular flexibility index (Phi) is 4.52. The highest BCUT2D eigenvalue weighted by Gasteiger charge is 2.65. The molecule has 29 heavy (non-hydrogen) atoms. The zero-order valence-electron chi connectivity index (χ0n) is 16.2. The molecule has 4 fully saturated rings. The summed E-state index contributed by atoms with van der Waals surface area (Å²) in [6.07, 6.45) is -3.47. The first kappa shape index (κ1) is 20.2. The van der Waals surface area contributed by atoms with Gasteiger partial charge in [0, 0.05) is 37.5 Å². The molecule has 0 bridgehead atoms. The second kappa shape index (κ2) is 6.48. The summed E-state index contributed by atoms with van der Waals surface area (Å²) >= 11 is 0. The van der Waals surface area contributed by atoms with E-state index in [-0.39, 0.29) is 30.9 Å². The number of ether oxygens (including phenoxy) is 1. The van der Waals surface area contributed by atoms with E-state index >= 15 is 0 Å². The van der Waals surface area contributed by atoms with E-state index < -0.39 is 29.1 Å². The molecule has 2 saturated carbocycles. The maximum atomic E-state index is 13.0. The lowest BCUT2D eigenvalue weighted by atomic mass is 9.57. The van der Waals surface area contributed by atoms with Crippen molar-refractivity contribution in [3.05, 3.63) is 0 Å². The summed E-state index contributed by atoms with van der Waals surface area (Å²) < 4.78 is 43.8. The molecule has 2 heterocycles. The highest BCUT2D eigenvalue weighted by Crippen LogP contribution is 2.54. The third-order valence-electron chi connectivity index (χ3n) is 6.92. The predicted molar refractivity (Wildman–Crippen MR) is 93.7 cm³/mol. The van der Waals surface area contributed by atoms with Crippen molar-refractivity contribution in [2.24, 2.45) is 11.3 Å². The smallest absolute Gasteiger partial charge is 0.411 e. The third-order valence-corrected chi connectivity index (χ3v) is 6.92. The van der Waals surface area contributed by atoms with E-state index in [2.05, 4.69) is 10.6 Å². The van der Waals surface area contributed by atoms with Gasteiger partial charge in [0.1, 0.15) is 12.1 Å². The van der Waals surface area contributed by atoms with Crippen LogP contribution in [0.1, 0.15) is 25.7 Å². The van der Waals surface area contributed by atoms with Crippen molar-refractivity contribution in [2.45, 2.75) is 42.9 Å². The third kappa shape index (κ3) is 3.32. The van der Waals surface area contributed by atoms with Crippen molar-refractivity contribution in [2.75, 3.05) is 39.8 Å². The Balaban J connectivity index is 1.20. The molecule has 0 aromatic rings. The lowest BCUT2D eigenvalue weighted by molar-refractivity contribution is -0.175. The van der Waals surface area contributed by atoms with E-state index in [1.807, 2.05) is 0 Å². The number of rotatable bonds is 6. The van der Waals surface area contributed by atoms with Crippen LogP contribution < -0.4 is 10.6 Å². The molecule has 1 spiro atoms. The van der Waals surface area contributed by atoms with Crippen molar-refractivity contribution >= 4 is 18.4 Å². The quantitative estimate of drug-likeness (QED) is 0.613. The Morgan fingerprint density at radius 1 is 1.14 bits per heavy atom. The van der Waals surface area contributed by atoms with Gasteiger partial charge in [0.05, 0.1) is 5.54 Å². The van der Waals surface area contributed by atoms with E-state index in [9.17, 15) is 27.6 Å². The summed E-state index contributed by atoms with van der Waals surface area (Å²) in [6, 6.07) is -0.102. The van der Waals surface area contributed by atoms with Crippen molar-refractivity contribution < 1.29 is 32.3 Å². The fourth-order valence-corrected chi connectivity index (χ4v) is 4.80. The van der Waals surface area contributed by atoms with E-state index in [0.717, 1.165) is 0 Å². The predicted octanol–water partition coefficient (Wildman–Crippen LogP) is 0.476. The van der Waals surface area contributed by atoms with Gasteiger partial charge in [0.2, 0.25) is 5.91 Å². The monoisotopic (exact) mass is 418 g/mol. The Morgan fingerprint density at radius 3 is 2.21 bits per heavy atom. The van der Waals surface area contributed by atoms with Crippen molar-refractivity contribution in [3.63, 3.8) is 0 Å². The SMILES string of the molecule is CNC1(COC=O)CN(C(=O)N2CC3(CC(C(=O)NC4(C(F)(F)F)CC4)C3)C2)C1. The molecule has 0 atom stereocenters. The van der Waals surface area contributed by atoms with E-state index in [4.69, 9.17) is 4.74 Å². The number of hydrogen-bond acceptors (Lipinski definition) is 5. The van der Waals surface area contributed by atoms with Crippen LogP contribution in [0.4, 0.5) is 18.0 Å². The lowest BCUT2D eigenvalue weighted by Crippen LogP contribution is -2.75. The molecule has 0 unspecified atom stereocenters. The zero-order chi connectivity index (χ0) is 21.1. The number of hydrogen-bond donors (Lipinski definition) is 2. The van der Waals surface area contributed by atoms with Crippen LogP contribution >= 0.6 is 0 Å². The fraction of sp³-hybridized carbons (Fsp3) is 0.833. The molecule has 3 amide bonds. The largest absolute Gasteiger partial charge is 0.466 e. The van der Waals surface area contributed by atoms with E-state index in [1.54, 1.807) is 16.8 Å². The molecule has 0 radical (unpaired) electrons. The van der Waals surface area contributed by atoms with Crippen LogP contribution in [-0.2, 0) is 14.3 Å². The molecule has 162 valence electrons. The Morgan fingerprint density at radius 2 is 1.72 bits per heavy atom. The van der Waals surface area contributed by atoms with Crippen LogP contribution in [0.3, 0.4) is 0 Å². The topological polar surface area (TPSA) is 91.0 Å². The number of nitrogens with zero attached hydrogens (tertiary/aromatic N) is 2. The normalized spacial score (nSPS) is 26.1. The van der Waals surface area contributed by atoms with Gasteiger partial charge >= 0.3 is 12.2 Å². The first-order valence-electron chi connectivity index (χ1n) is 9.73. The second-order valence-corrected chi connectivity index (χ2v) is 9.11. The molecule has 2 aliphatic carbocycles. The summed E-state index contributed by atoms with van der Waals surface area (Å²) in [5.41, 5.74) is -2.58. The van der Waals surface area contributed by atoms with Gasteiger partial charge in [-0.15, -0.1) is 0 Å². The molecular weight excluding hydrogens is 393 g/mol. The minimum atomic E-state index is -4.40. The molecule has 2 N–H and O–H groups in total. The van der Waals surface area contributed by atoms with E-state index in [0.29, 0.717) is 45.5 Å². The summed E-state index contributed by atoms with van der Waals surface area (Å²) in [7, 11) is 1.75. The van der Waals surface area contributed by atoms with Gasteiger partial charge in [0.25, 0.3) is 6.47 Å². The number of urea groups is 1. The van der Waals surface area contributed by atoms with Crippen LogP contribution in [0.5, 0.6) is 0 Å². The molecule has 0 aromatic carbocycles. The summed E-state index contributed by atoms with van der Waals surface area (Å²) in [5, 5.41) is 5.28. The number of likely N-dealkylation sites (N-methyl/N-ethyl adjacent to an activating group) is 1. The number of amides is 3. The highest BCUT2D eigenvalue weighted by atomic mass is 19.4. The zero-order valence-corrected chi connectivity index (χ0v) is 16.2. The van der Waals surface area contributed by atoms with Gasteiger partial charge in [0.15, 0.2) is 0 Å². The maximum absolute atomic E-state index is 13.0. The second-order valence-electron chi connectivity index (χ2n) is 9.11. The van der Waals surface area contributed by atoms with Crippen LogP contribution in [0.15, 0.2) is 0 Å². The average molecular weight is 418 g/mol. The minimum Gasteiger partial charge on any atom is -0.466 e. The number of halogens is 3. The minimum absolute atomic E-state index is 0.0514. The van der Waals surface area contributed by atoms with Crippen LogP contribution in [0.2, 0.25) is 0 Å². The van der Waals surface area contributed by atoms with Gasteiger partial charge in [-0.05, 0) is 32.7 Å². The average Bonchev–Trinajstić information content (AvgIpc) is 3.32. The number of carbonyl (C=O) groups is 3. The summed E-state index contributed by atoms with van der Waals surface area (Å²) in [6.45, 7) is 2.49. The Bertz CT molecular complexity index is 704. The molecule has 11 heteroatoms. The maximum Gasteiger partial charge on any atom is 0.411 e. The molecule has 0 aromatic heterocycles. The molecule has 8 nitrogen and oxygen atoms in total. The molecule has 4 aliphatic rings. The van der Waals surface area contributed by atoms with Crippen LogP contribution in [0, 0.1) is 11.3 Å². The summed E-state index contributed by atoms with van der Waals surface area (Å²) in [4.78, 5) is 38.5. The van der Waals surface area contributed by atoms with Gasteiger partial charge < -0.3 is 25.2 Å². The lowest BCUT2D eigenvalue weighted by Gasteiger charge is -2.60. The number of carbonyl (C=O) groups excluding carboxylic acids is 3. The van der Waals surface area contributed by atoms with Gasteiger partial charge in [-0.25, -0.2) is 4.79 Å². The van der Waals surface area contributed by atoms with Gasteiger partial charge in [-0.2, -0.15) is 13.2 Å². The molecule has 2 saturated heterocycles. The van der Waals surface area contributed by atoms with Crippen LogP contribution in [-0.4, -0.2) is 85.3 Å². The highest BCUT2D eigenvalue weighted by molar-refractivity contribution is 5.82.